The second kappa shape index (κ2) is 7.27. The Balaban J connectivity index is 1.96. The van der Waals surface area contributed by atoms with E-state index in [2.05, 4.69) is 15.1 Å². The zero-order valence-corrected chi connectivity index (χ0v) is 19.0. The zero-order valence-electron chi connectivity index (χ0n) is 17.4. The van der Waals surface area contributed by atoms with E-state index in [-0.39, 0.29) is 33.3 Å². The van der Waals surface area contributed by atoms with E-state index in [0.717, 1.165) is 12.5 Å². The average Bonchev–Trinajstić information content (AvgIpc) is 3.24. The molecule has 0 aliphatic carbocycles. The van der Waals surface area contributed by atoms with E-state index in [1.165, 1.54) is 18.5 Å². The number of fused-ring (bicyclic) bond motifs is 2. The van der Waals surface area contributed by atoms with Crippen molar-refractivity contribution in [1.29, 1.82) is 0 Å². The Labute approximate surface area is 182 Å². The summed E-state index contributed by atoms with van der Waals surface area (Å²) in [4.78, 5) is 7.10. The summed E-state index contributed by atoms with van der Waals surface area (Å²) in [5, 5.41) is 4.48. The number of nitrogens with zero attached hydrogens (tertiary/aromatic N) is 5. The molecule has 0 radical (unpaired) electrons. The summed E-state index contributed by atoms with van der Waals surface area (Å²) in [5.41, 5.74) is -4.86. The van der Waals surface area contributed by atoms with E-state index in [0.29, 0.717) is 30.8 Å². The number of rotatable bonds is 4. The van der Waals surface area contributed by atoms with Crippen molar-refractivity contribution in [2.24, 2.45) is 13.0 Å². The van der Waals surface area contributed by atoms with Crippen molar-refractivity contribution in [2.45, 2.75) is 48.5 Å². The highest BCUT2D eigenvalue weighted by atomic mass is 32.2. The summed E-state index contributed by atoms with van der Waals surface area (Å²) in [6.45, 7) is 4.07. The maximum Gasteiger partial charge on any atom is 0.501 e. The molecule has 0 fully saturated rings. The first-order chi connectivity index (χ1) is 14.8. The van der Waals surface area contributed by atoms with Gasteiger partial charge in [-0.2, -0.15) is 18.3 Å². The quantitative estimate of drug-likeness (QED) is 0.550. The highest BCUT2D eigenvalue weighted by molar-refractivity contribution is 7.92. The fourth-order valence-electron chi connectivity index (χ4n) is 3.81. The van der Waals surface area contributed by atoms with Crippen LogP contribution in [0.2, 0.25) is 0 Å². The molecule has 0 N–H and O–H groups in total. The first kappa shape index (κ1) is 22.7. The normalized spacial score (nSPS) is 17.6. The minimum atomic E-state index is -5.61. The maximum atomic E-state index is 12.9. The van der Waals surface area contributed by atoms with Gasteiger partial charge in [-0.25, -0.2) is 26.8 Å². The lowest BCUT2D eigenvalue weighted by molar-refractivity contribution is -0.0436. The number of pyridine rings is 1. The van der Waals surface area contributed by atoms with Gasteiger partial charge in [0.2, 0.25) is 0 Å². The van der Waals surface area contributed by atoms with Crippen LogP contribution in [0.5, 0.6) is 0 Å². The van der Waals surface area contributed by atoms with E-state index in [1.807, 2.05) is 6.92 Å². The zero-order chi connectivity index (χ0) is 23.6. The van der Waals surface area contributed by atoms with Crippen molar-refractivity contribution in [3.8, 4) is 11.5 Å². The lowest BCUT2D eigenvalue weighted by atomic mass is 10.0. The van der Waals surface area contributed by atoms with Gasteiger partial charge in [0.1, 0.15) is 16.1 Å². The van der Waals surface area contributed by atoms with Crippen molar-refractivity contribution >= 4 is 30.8 Å². The smallest absolute Gasteiger partial charge is 0.310 e. The van der Waals surface area contributed by atoms with Crippen molar-refractivity contribution in [2.75, 3.05) is 5.75 Å². The molecule has 3 aromatic heterocycles. The van der Waals surface area contributed by atoms with E-state index < -0.39 is 30.1 Å². The Kier molecular flexibility index (Phi) is 5.16. The Morgan fingerprint density at radius 3 is 2.53 bits per heavy atom. The Bertz CT molecular complexity index is 1440. The monoisotopic (exact) mass is 491 g/mol. The van der Waals surface area contributed by atoms with E-state index >= 15 is 0 Å². The molecule has 0 bridgehead atoms. The minimum absolute atomic E-state index is 0.0495. The van der Waals surface area contributed by atoms with Crippen LogP contribution in [0, 0.1) is 5.92 Å². The number of hydrogen-bond donors (Lipinski definition) is 0. The average molecular weight is 492 g/mol. The molecule has 174 valence electrons. The maximum absolute atomic E-state index is 12.9. The first-order valence-corrected chi connectivity index (χ1v) is 12.9. The summed E-state index contributed by atoms with van der Waals surface area (Å²) in [5.74, 6) is 0.213. The summed E-state index contributed by atoms with van der Waals surface area (Å²) in [6.07, 6.45) is 1.92. The Morgan fingerprint density at radius 2 is 1.91 bits per heavy atom. The number of hydrogen-bond acceptors (Lipinski definition) is 7. The van der Waals surface area contributed by atoms with Crippen molar-refractivity contribution in [3.05, 3.63) is 18.0 Å². The third-order valence-electron chi connectivity index (χ3n) is 5.57. The Hall–Kier alpha value is -2.48. The number of sulfone groups is 2. The minimum Gasteiger partial charge on any atom is -0.310 e. The molecule has 3 aromatic rings. The van der Waals surface area contributed by atoms with Crippen LogP contribution in [-0.4, -0.2) is 52.4 Å². The Morgan fingerprint density at radius 1 is 1.22 bits per heavy atom. The molecule has 0 saturated heterocycles. The molecule has 4 heterocycles. The van der Waals surface area contributed by atoms with Gasteiger partial charge in [-0.3, -0.25) is 4.68 Å². The molecular weight excluding hydrogens is 471 g/mol. The van der Waals surface area contributed by atoms with Gasteiger partial charge in [0.15, 0.2) is 21.3 Å². The van der Waals surface area contributed by atoms with Crippen LogP contribution >= 0.6 is 0 Å². The van der Waals surface area contributed by atoms with Crippen LogP contribution in [0.1, 0.15) is 26.0 Å². The molecule has 1 aliphatic heterocycles. The number of halogens is 3. The van der Waals surface area contributed by atoms with Crippen molar-refractivity contribution in [3.63, 3.8) is 0 Å². The van der Waals surface area contributed by atoms with E-state index in [1.54, 1.807) is 4.68 Å². The molecule has 9 nitrogen and oxygen atoms in total. The fourth-order valence-corrected chi connectivity index (χ4v) is 5.82. The van der Waals surface area contributed by atoms with Crippen molar-refractivity contribution in [1.82, 2.24) is 24.3 Å². The summed E-state index contributed by atoms with van der Waals surface area (Å²) in [6, 6.07) is 0.778. The van der Waals surface area contributed by atoms with Crippen LogP contribution in [0.15, 0.2) is 22.1 Å². The molecule has 0 amide bonds. The molecule has 4 rings (SSSR count). The molecule has 1 atom stereocenters. The molecule has 1 aliphatic rings. The summed E-state index contributed by atoms with van der Waals surface area (Å²) < 4.78 is 91.2. The van der Waals surface area contributed by atoms with E-state index in [4.69, 9.17) is 0 Å². The van der Waals surface area contributed by atoms with Gasteiger partial charge < -0.3 is 4.57 Å². The van der Waals surface area contributed by atoms with Crippen LogP contribution < -0.4 is 0 Å². The second-order valence-electron chi connectivity index (χ2n) is 7.81. The number of imidazole rings is 1. The van der Waals surface area contributed by atoms with Gasteiger partial charge in [-0.15, -0.1) is 0 Å². The third-order valence-corrected chi connectivity index (χ3v) is 8.83. The van der Waals surface area contributed by atoms with Crippen LogP contribution in [0.4, 0.5) is 13.2 Å². The lowest BCUT2D eigenvalue weighted by Crippen LogP contribution is -2.23. The molecule has 32 heavy (non-hydrogen) atoms. The molecule has 0 saturated carbocycles. The second-order valence-corrected chi connectivity index (χ2v) is 12.0. The SMILES string of the molecule is CCS(=O)(=O)c1c(-c2nc3cc(S(=O)(=O)C(F)(F)F)cnc3n2C)nn2c1CCC(C)C2. The molecule has 14 heteroatoms. The van der Waals surface area contributed by atoms with Crippen molar-refractivity contribution < 1.29 is 30.0 Å². The van der Waals surface area contributed by atoms with Gasteiger partial charge in [0, 0.05) is 19.8 Å². The van der Waals surface area contributed by atoms with Gasteiger partial charge in [0.05, 0.1) is 16.3 Å². The van der Waals surface area contributed by atoms with Crippen LogP contribution in [0.3, 0.4) is 0 Å². The van der Waals surface area contributed by atoms with Gasteiger partial charge >= 0.3 is 5.51 Å². The van der Waals surface area contributed by atoms with Gasteiger partial charge in [-0.05, 0) is 24.8 Å². The topological polar surface area (TPSA) is 117 Å². The van der Waals surface area contributed by atoms with Crippen LogP contribution in [0.25, 0.3) is 22.7 Å². The highest BCUT2D eigenvalue weighted by Gasteiger charge is 2.47. The summed E-state index contributed by atoms with van der Waals surface area (Å²) in [7, 11) is -7.79. The largest absolute Gasteiger partial charge is 0.501 e. The number of aromatic nitrogens is 5. The van der Waals surface area contributed by atoms with Gasteiger partial charge in [-0.1, -0.05) is 13.8 Å². The lowest BCUT2D eigenvalue weighted by Gasteiger charge is -2.20. The molecule has 0 spiro atoms. The molecule has 0 aromatic carbocycles. The van der Waals surface area contributed by atoms with Gasteiger partial charge in [0.25, 0.3) is 9.84 Å². The summed E-state index contributed by atoms with van der Waals surface area (Å²) >= 11 is 0. The predicted octanol–water partition coefficient (Wildman–Crippen LogP) is 2.50. The fraction of sp³-hybridized carbons (Fsp3) is 0.500. The standard InChI is InChI=1S/C18H20F3N5O4S2/c1-4-31(27,28)15-13-6-5-10(2)9-26(13)24-14(15)17-23-12-7-11(8-22-16(12)25(17)3)32(29,30)18(19,20)21/h7-8,10H,4-6,9H2,1-3H3. The highest BCUT2D eigenvalue weighted by Crippen LogP contribution is 2.36. The van der Waals surface area contributed by atoms with E-state index in [9.17, 15) is 30.0 Å². The predicted molar refractivity (Wildman–Crippen MR) is 108 cm³/mol. The number of aryl methyl sites for hydroxylation is 1. The molecule has 1 unspecified atom stereocenters. The number of alkyl halides is 3. The molecular formula is C18H20F3N5O4S2. The first-order valence-electron chi connectivity index (χ1n) is 9.74. The third kappa shape index (κ3) is 3.39. The van der Waals surface area contributed by atoms with Crippen LogP contribution in [-0.2, 0) is 39.7 Å².